The maximum absolute atomic E-state index is 10.9. The van der Waals surface area contributed by atoms with Crippen LogP contribution in [0.15, 0.2) is 29.6 Å². The van der Waals surface area contributed by atoms with E-state index in [2.05, 4.69) is 0 Å². The molecule has 86 valence electrons. The molecule has 1 aliphatic carbocycles. The van der Waals surface area contributed by atoms with Gasteiger partial charge in [0.2, 0.25) is 0 Å². The number of thiophene rings is 1. The third kappa shape index (κ3) is 1.28. The molecular weight excluding hydrogens is 236 g/mol. The van der Waals surface area contributed by atoms with Crippen LogP contribution in [0.25, 0.3) is 10.4 Å². The van der Waals surface area contributed by atoms with Gasteiger partial charge in [-0.15, -0.1) is 11.3 Å². The van der Waals surface area contributed by atoms with Crippen LogP contribution in [0.2, 0.25) is 0 Å². The first-order valence-electron chi connectivity index (χ1n) is 5.20. The average molecular weight is 246 g/mol. The minimum Gasteiger partial charge on any atom is -0.478 e. The zero-order valence-electron chi connectivity index (χ0n) is 9.10. The largest absolute Gasteiger partial charge is 0.478 e. The Morgan fingerprint density at radius 1 is 1.29 bits per heavy atom. The maximum atomic E-state index is 10.9. The lowest BCUT2D eigenvalue weighted by atomic mass is 9.93. The van der Waals surface area contributed by atoms with Gasteiger partial charge in [-0.05, 0) is 41.6 Å². The number of carboxylic acid groups (broad SMARTS) is 1. The van der Waals surface area contributed by atoms with Gasteiger partial charge in [0.25, 0.3) is 0 Å². The van der Waals surface area contributed by atoms with E-state index < -0.39 is 11.6 Å². The highest BCUT2D eigenvalue weighted by Crippen LogP contribution is 2.49. The molecule has 1 aromatic heterocycles. The van der Waals surface area contributed by atoms with E-state index in [0.717, 1.165) is 16.0 Å². The molecule has 0 fully saturated rings. The molecule has 17 heavy (non-hydrogen) atoms. The van der Waals surface area contributed by atoms with Crippen molar-refractivity contribution >= 4 is 17.3 Å². The summed E-state index contributed by atoms with van der Waals surface area (Å²) >= 11 is 1.56. The number of hydrogen-bond acceptors (Lipinski definition) is 3. The Morgan fingerprint density at radius 3 is 2.76 bits per heavy atom. The lowest BCUT2D eigenvalue weighted by Crippen LogP contribution is -2.19. The molecule has 0 radical (unpaired) electrons. The van der Waals surface area contributed by atoms with Gasteiger partial charge < -0.3 is 10.2 Å². The molecule has 0 saturated carbocycles. The lowest BCUT2D eigenvalue weighted by molar-refractivity contribution is 0.0696. The molecule has 2 N–H and O–H groups in total. The molecular formula is C13H10O3S. The van der Waals surface area contributed by atoms with Crippen LogP contribution < -0.4 is 0 Å². The highest BCUT2D eigenvalue weighted by molar-refractivity contribution is 7.13. The number of benzene rings is 1. The van der Waals surface area contributed by atoms with E-state index in [4.69, 9.17) is 5.11 Å². The van der Waals surface area contributed by atoms with E-state index in [-0.39, 0.29) is 5.56 Å². The third-order valence-electron chi connectivity index (χ3n) is 3.23. The number of rotatable bonds is 1. The van der Waals surface area contributed by atoms with Crippen LogP contribution in [0.4, 0.5) is 0 Å². The molecule has 2 aromatic rings. The summed E-state index contributed by atoms with van der Waals surface area (Å²) in [7, 11) is 0. The molecule has 0 saturated heterocycles. The Bertz CT molecular complexity index is 625. The molecule has 0 unspecified atom stereocenters. The van der Waals surface area contributed by atoms with Crippen molar-refractivity contribution in [3.63, 3.8) is 0 Å². The van der Waals surface area contributed by atoms with Crippen LogP contribution >= 0.6 is 11.3 Å². The van der Waals surface area contributed by atoms with Gasteiger partial charge in [-0.2, -0.15) is 0 Å². The molecule has 1 heterocycles. The smallest absolute Gasteiger partial charge is 0.335 e. The van der Waals surface area contributed by atoms with Crippen LogP contribution in [0.3, 0.4) is 0 Å². The minimum absolute atomic E-state index is 0.208. The maximum Gasteiger partial charge on any atom is 0.335 e. The van der Waals surface area contributed by atoms with Gasteiger partial charge in [0.1, 0.15) is 5.60 Å². The Hall–Kier alpha value is -1.65. The summed E-state index contributed by atoms with van der Waals surface area (Å²) in [6.07, 6.45) is 0. The monoisotopic (exact) mass is 246 g/mol. The second kappa shape index (κ2) is 3.18. The summed E-state index contributed by atoms with van der Waals surface area (Å²) in [5.41, 5.74) is 1.60. The van der Waals surface area contributed by atoms with Crippen LogP contribution in [-0.4, -0.2) is 16.2 Å². The van der Waals surface area contributed by atoms with Crippen molar-refractivity contribution < 1.29 is 15.0 Å². The molecule has 0 amide bonds. The molecule has 0 bridgehead atoms. The van der Waals surface area contributed by atoms with E-state index in [0.29, 0.717) is 5.56 Å². The summed E-state index contributed by atoms with van der Waals surface area (Å²) in [6, 6.07) is 6.80. The molecule has 3 rings (SSSR count). The van der Waals surface area contributed by atoms with Gasteiger partial charge in [-0.1, -0.05) is 6.07 Å². The van der Waals surface area contributed by atoms with Crippen molar-refractivity contribution in [1.29, 1.82) is 0 Å². The first-order chi connectivity index (χ1) is 8.01. The molecule has 1 atom stereocenters. The fraction of sp³-hybridized carbons (Fsp3) is 0.154. The molecule has 1 aromatic carbocycles. The molecule has 4 heteroatoms. The minimum atomic E-state index is -1.09. The van der Waals surface area contributed by atoms with Crippen molar-refractivity contribution in [3.8, 4) is 10.4 Å². The van der Waals surface area contributed by atoms with Crippen LogP contribution in [0.5, 0.6) is 0 Å². The van der Waals surface area contributed by atoms with Gasteiger partial charge in [0.05, 0.1) is 5.56 Å². The van der Waals surface area contributed by atoms with Crippen LogP contribution in [0, 0.1) is 0 Å². The van der Waals surface area contributed by atoms with Gasteiger partial charge in [0.15, 0.2) is 0 Å². The zero-order valence-corrected chi connectivity index (χ0v) is 9.91. The highest BCUT2D eigenvalue weighted by Gasteiger charge is 2.38. The lowest BCUT2D eigenvalue weighted by Gasteiger charge is -2.19. The number of aromatic carboxylic acids is 1. The van der Waals surface area contributed by atoms with Crippen LogP contribution in [-0.2, 0) is 5.60 Å². The fourth-order valence-electron chi connectivity index (χ4n) is 2.32. The number of aliphatic hydroxyl groups is 1. The standard InChI is InChI=1S/C13H10O3S/c1-13(16)9-4-5-17-11(9)8-3-2-7(12(14)15)6-10(8)13/h2-6,16H,1H3,(H,14,15)/t13-/m0/s1. The predicted molar refractivity (Wildman–Crippen MR) is 65.4 cm³/mol. The number of hydrogen-bond donors (Lipinski definition) is 2. The summed E-state index contributed by atoms with van der Waals surface area (Å²) in [6.45, 7) is 1.70. The van der Waals surface area contributed by atoms with Crippen molar-refractivity contribution in [2.24, 2.45) is 0 Å². The molecule has 3 nitrogen and oxygen atoms in total. The Morgan fingerprint density at radius 2 is 2.06 bits per heavy atom. The van der Waals surface area contributed by atoms with E-state index in [1.54, 1.807) is 36.5 Å². The quantitative estimate of drug-likeness (QED) is 0.813. The summed E-state index contributed by atoms with van der Waals surface area (Å²) < 4.78 is 0. The summed E-state index contributed by atoms with van der Waals surface area (Å²) in [5, 5.41) is 21.4. The second-order valence-electron chi connectivity index (χ2n) is 4.30. The normalized spacial score (nSPS) is 21.1. The van der Waals surface area contributed by atoms with Crippen molar-refractivity contribution in [1.82, 2.24) is 0 Å². The van der Waals surface area contributed by atoms with Crippen molar-refractivity contribution in [2.75, 3.05) is 0 Å². The summed E-state index contributed by atoms with van der Waals surface area (Å²) in [5.74, 6) is -0.973. The number of carbonyl (C=O) groups is 1. The Kier molecular flexibility index (Phi) is 1.97. The van der Waals surface area contributed by atoms with E-state index in [1.807, 2.05) is 11.4 Å². The molecule has 1 aliphatic rings. The van der Waals surface area contributed by atoms with E-state index >= 15 is 0 Å². The Balaban J connectivity index is 2.30. The zero-order chi connectivity index (χ0) is 12.2. The topological polar surface area (TPSA) is 57.5 Å². The first-order valence-corrected chi connectivity index (χ1v) is 6.08. The van der Waals surface area contributed by atoms with Crippen molar-refractivity contribution in [3.05, 3.63) is 46.3 Å². The van der Waals surface area contributed by atoms with Crippen LogP contribution in [0.1, 0.15) is 28.4 Å². The SMILES string of the molecule is C[C@@]1(O)c2cc(C(=O)O)ccc2-c2sccc21. The summed E-state index contributed by atoms with van der Waals surface area (Å²) in [4.78, 5) is 12.0. The van der Waals surface area contributed by atoms with Gasteiger partial charge in [0, 0.05) is 10.4 Å². The number of carboxylic acids is 1. The van der Waals surface area contributed by atoms with E-state index in [1.165, 1.54) is 0 Å². The first kappa shape index (κ1) is 10.5. The van der Waals surface area contributed by atoms with Crippen molar-refractivity contribution in [2.45, 2.75) is 12.5 Å². The van der Waals surface area contributed by atoms with Gasteiger partial charge in [-0.25, -0.2) is 4.79 Å². The van der Waals surface area contributed by atoms with E-state index in [9.17, 15) is 9.90 Å². The van der Waals surface area contributed by atoms with Gasteiger partial charge >= 0.3 is 5.97 Å². The highest BCUT2D eigenvalue weighted by atomic mass is 32.1. The second-order valence-corrected chi connectivity index (χ2v) is 5.22. The molecule has 0 aliphatic heterocycles. The Labute approximate surface area is 102 Å². The third-order valence-corrected chi connectivity index (χ3v) is 4.17. The fourth-order valence-corrected chi connectivity index (χ4v) is 3.36. The van der Waals surface area contributed by atoms with Gasteiger partial charge in [-0.3, -0.25) is 0 Å². The molecule has 0 spiro atoms. The number of fused-ring (bicyclic) bond motifs is 3. The predicted octanol–water partition coefficient (Wildman–Crippen LogP) is 2.68. The average Bonchev–Trinajstić information content (AvgIpc) is 2.83.